The maximum absolute atomic E-state index is 13.2. The van der Waals surface area contributed by atoms with E-state index in [1.165, 1.54) is 38.5 Å². The quantitative estimate of drug-likeness (QED) is 0.798. The average molecular weight is 396 g/mol. The lowest BCUT2D eigenvalue weighted by atomic mass is 9.49. The Labute approximate surface area is 169 Å². The lowest BCUT2D eigenvalue weighted by molar-refractivity contribution is -0.145. The zero-order valence-electron chi connectivity index (χ0n) is 16.3. The minimum absolute atomic E-state index is 0. The molecule has 27 heavy (non-hydrogen) atoms. The third kappa shape index (κ3) is 3.74. The fraction of sp³-hybridized carbons (Fsp3) is 0.905. The monoisotopic (exact) mass is 395 g/mol. The van der Waals surface area contributed by atoms with Gasteiger partial charge in [0, 0.05) is 38.6 Å². The smallest absolute Gasteiger partial charge is 0.236 e. The van der Waals surface area contributed by atoms with Crippen molar-refractivity contribution in [1.29, 1.82) is 0 Å². The van der Waals surface area contributed by atoms with Gasteiger partial charge in [-0.15, -0.1) is 12.4 Å². The second-order valence-electron chi connectivity index (χ2n) is 9.99. The van der Waals surface area contributed by atoms with E-state index in [0.717, 1.165) is 63.2 Å². The molecule has 4 bridgehead atoms. The predicted molar refractivity (Wildman–Crippen MR) is 107 cm³/mol. The molecule has 0 aromatic carbocycles. The Morgan fingerprint density at radius 1 is 1.07 bits per heavy atom. The highest BCUT2D eigenvalue weighted by Crippen LogP contribution is 2.61. The first kappa shape index (κ1) is 19.5. The molecule has 2 heterocycles. The van der Waals surface area contributed by atoms with Gasteiger partial charge in [0.05, 0.1) is 6.54 Å². The molecule has 0 aromatic heterocycles. The maximum Gasteiger partial charge on any atom is 0.236 e. The molecule has 6 heteroatoms. The van der Waals surface area contributed by atoms with Gasteiger partial charge in [0.2, 0.25) is 11.8 Å². The summed E-state index contributed by atoms with van der Waals surface area (Å²) < 4.78 is 0. The summed E-state index contributed by atoms with van der Waals surface area (Å²) in [5, 5.41) is 3.15. The van der Waals surface area contributed by atoms with Crippen LogP contribution in [-0.4, -0.2) is 60.4 Å². The van der Waals surface area contributed by atoms with Gasteiger partial charge >= 0.3 is 0 Å². The van der Waals surface area contributed by atoms with Crippen LogP contribution in [0, 0.1) is 23.2 Å². The lowest BCUT2D eigenvalue weighted by Crippen LogP contribution is -2.58. The van der Waals surface area contributed by atoms with E-state index in [1.807, 2.05) is 4.90 Å². The molecular weight excluding hydrogens is 362 g/mol. The van der Waals surface area contributed by atoms with Gasteiger partial charge in [-0.05, 0) is 74.5 Å². The Bertz CT molecular complexity index is 561. The second-order valence-corrected chi connectivity index (χ2v) is 9.99. The number of likely N-dealkylation sites (tertiary alicyclic amines) is 1. The van der Waals surface area contributed by atoms with Gasteiger partial charge in [0.25, 0.3) is 0 Å². The first-order chi connectivity index (χ1) is 12.6. The third-order valence-electron chi connectivity index (χ3n) is 8.01. The van der Waals surface area contributed by atoms with Crippen LogP contribution in [0.1, 0.15) is 57.8 Å². The lowest BCUT2D eigenvalue weighted by Gasteiger charge is -2.57. The van der Waals surface area contributed by atoms with Crippen LogP contribution in [0.25, 0.3) is 0 Å². The molecule has 4 saturated carbocycles. The van der Waals surface area contributed by atoms with E-state index in [0.29, 0.717) is 17.9 Å². The summed E-state index contributed by atoms with van der Waals surface area (Å²) in [6, 6.07) is 0.235. The number of nitrogens with zero attached hydrogens (tertiary/aromatic N) is 2. The van der Waals surface area contributed by atoms with Crippen molar-refractivity contribution in [2.45, 2.75) is 63.8 Å². The van der Waals surface area contributed by atoms with E-state index in [4.69, 9.17) is 0 Å². The molecule has 0 spiro atoms. The number of piperidine rings is 1. The molecule has 6 aliphatic rings. The molecule has 2 saturated heterocycles. The molecule has 0 radical (unpaired) electrons. The second kappa shape index (κ2) is 7.55. The molecule has 6 rings (SSSR count). The van der Waals surface area contributed by atoms with Gasteiger partial charge in [-0.3, -0.25) is 9.59 Å². The summed E-state index contributed by atoms with van der Waals surface area (Å²) in [5.74, 6) is 3.29. The predicted octanol–water partition coefficient (Wildman–Crippen LogP) is 2.44. The minimum Gasteiger partial charge on any atom is -0.341 e. The summed E-state index contributed by atoms with van der Waals surface area (Å²) in [7, 11) is 0. The number of amides is 2. The van der Waals surface area contributed by atoms with Crippen LogP contribution < -0.4 is 5.32 Å². The molecule has 1 atom stereocenters. The standard InChI is InChI=1S/C21H33N3O2.ClH/c25-19(12-21-9-15-6-16(10-21)8-17(7-15)11-21)23-4-1-2-18(14-23)24-5-3-22-13-20(24)26;/h15-18,22H,1-14H2;1H. The normalized spacial score (nSPS) is 40.8. The van der Waals surface area contributed by atoms with Crippen molar-refractivity contribution >= 4 is 24.2 Å². The minimum atomic E-state index is 0. The Hall–Kier alpha value is -0.810. The number of carbonyl (C=O) groups is 2. The van der Waals surface area contributed by atoms with Gasteiger partial charge in [0.1, 0.15) is 0 Å². The Morgan fingerprint density at radius 3 is 2.37 bits per heavy atom. The zero-order valence-corrected chi connectivity index (χ0v) is 17.1. The summed E-state index contributed by atoms with van der Waals surface area (Å²) in [5.41, 5.74) is 0.323. The van der Waals surface area contributed by atoms with E-state index in [2.05, 4.69) is 10.2 Å². The Balaban J connectivity index is 0.00000180. The van der Waals surface area contributed by atoms with Crippen molar-refractivity contribution in [3.8, 4) is 0 Å². The molecule has 0 aromatic rings. The van der Waals surface area contributed by atoms with Crippen LogP contribution in [0.4, 0.5) is 0 Å². The third-order valence-corrected chi connectivity index (χ3v) is 8.01. The zero-order chi connectivity index (χ0) is 17.7. The van der Waals surface area contributed by atoms with Crippen LogP contribution in [0.5, 0.6) is 0 Å². The van der Waals surface area contributed by atoms with E-state index in [1.54, 1.807) is 0 Å². The number of hydrogen-bond acceptors (Lipinski definition) is 3. The van der Waals surface area contributed by atoms with Crippen LogP contribution in [0.15, 0.2) is 0 Å². The van der Waals surface area contributed by atoms with E-state index < -0.39 is 0 Å². The fourth-order valence-corrected chi connectivity index (χ4v) is 7.38. The van der Waals surface area contributed by atoms with Gasteiger partial charge in [-0.1, -0.05) is 0 Å². The largest absolute Gasteiger partial charge is 0.341 e. The van der Waals surface area contributed by atoms with Crippen molar-refractivity contribution in [3.05, 3.63) is 0 Å². The Morgan fingerprint density at radius 2 is 1.74 bits per heavy atom. The fourth-order valence-electron chi connectivity index (χ4n) is 7.38. The molecule has 2 amide bonds. The first-order valence-corrected chi connectivity index (χ1v) is 10.9. The summed E-state index contributed by atoms with van der Waals surface area (Å²) in [6.07, 6.45) is 11.1. The molecule has 152 valence electrons. The maximum atomic E-state index is 13.2. The van der Waals surface area contributed by atoms with E-state index >= 15 is 0 Å². The number of nitrogens with one attached hydrogen (secondary N) is 1. The highest BCUT2D eigenvalue weighted by molar-refractivity contribution is 5.85. The first-order valence-electron chi connectivity index (χ1n) is 10.9. The van der Waals surface area contributed by atoms with Crippen molar-refractivity contribution in [1.82, 2.24) is 15.1 Å². The van der Waals surface area contributed by atoms with Crippen molar-refractivity contribution < 1.29 is 9.59 Å². The van der Waals surface area contributed by atoms with Gasteiger partial charge in [-0.2, -0.15) is 0 Å². The van der Waals surface area contributed by atoms with Crippen LogP contribution in [0.3, 0.4) is 0 Å². The topological polar surface area (TPSA) is 52.7 Å². The number of piperazine rings is 1. The van der Waals surface area contributed by atoms with Crippen LogP contribution in [-0.2, 0) is 9.59 Å². The highest BCUT2D eigenvalue weighted by Gasteiger charge is 2.51. The van der Waals surface area contributed by atoms with Crippen LogP contribution in [0.2, 0.25) is 0 Å². The van der Waals surface area contributed by atoms with Crippen molar-refractivity contribution in [2.75, 3.05) is 32.7 Å². The SMILES string of the molecule is Cl.O=C(CC12CC3CC(CC(C3)C1)C2)N1CCCC(N2CCNCC2=O)C1. The number of rotatable bonds is 3. The molecule has 1 unspecified atom stereocenters. The molecule has 4 aliphatic carbocycles. The molecule has 2 aliphatic heterocycles. The summed E-state index contributed by atoms with van der Waals surface area (Å²) in [6.45, 7) is 3.78. The van der Waals surface area contributed by atoms with Crippen molar-refractivity contribution in [3.63, 3.8) is 0 Å². The van der Waals surface area contributed by atoms with E-state index in [-0.39, 0.29) is 24.4 Å². The highest BCUT2D eigenvalue weighted by atomic mass is 35.5. The molecule has 5 nitrogen and oxygen atoms in total. The van der Waals surface area contributed by atoms with E-state index in [9.17, 15) is 9.59 Å². The van der Waals surface area contributed by atoms with Gasteiger partial charge in [0.15, 0.2) is 0 Å². The number of halogens is 1. The molecule has 1 N–H and O–H groups in total. The van der Waals surface area contributed by atoms with Crippen LogP contribution >= 0.6 is 12.4 Å². The molecular formula is C21H34ClN3O2. The molecule has 6 fully saturated rings. The van der Waals surface area contributed by atoms with Gasteiger partial charge in [-0.25, -0.2) is 0 Å². The van der Waals surface area contributed by atoms with Crippen molar-refractivity contribution in [2.24, 2.45) is 23.2 Å². The number of hydrogen-bond donors (Lipinski definition) is 1. The summed E-state index contributed by atoms with van der Waals surface area (Å²) >= 11 is 0. The number of carbonyl (C=O) groups excluding carboxylic acids is 2. The average Bonchev–Trinajstić information content (AvgIpc) is 2.60. The van der Waals surface area contributed by atoms with Gasteiger partial charge < -0.3 is 15.1 Å². The Kier molecular flexibility index (Phi) is 5.45. The summed E-state index contributed by atoms with van der Waals surface area (Å²) in [4.78, 5) is 29.6.